The number of benzene rings is 3. The lowest BCUT2D eigenvalue weighted by Crippen LogP contribution is -2.59. The van der Waals surface area contributed by atoms with Crippen molar-refractivity contribution in [3.63, 3.8) is 0 Å². The van der Waals surface area contributed by atoms with Gasteiger partial charge in [0.05, 0.1) is 18.1 Å². The van der Waals surface area contributed by atoms with Gasteiger partial charge in [-0.25, -0.2) is 0 Å². The monoisotopic (exact) mass is 729 g/mol. The fraction of sp³-hybridized carbons (Fsp3) is 0.550. The molecule has 7 nitrogen and oxygen atoms in total. The fourth-order valence-electron chi connectivity index (χ4n) is 6.71. The molecule has 3 aromatic rings. The number of carbonyl (C=O) groups excluding carboxylic acids is 2. The Kier molecular flexibility index (Phi) is 14.4. The summed E-state index contributed by atoms with van der Waals surface area (Å²) in [5.74, 6) is -1.06. The molecule has 1 saturated heterocycles. The number of rotatable bonds is 15. The van der Waals surface area contributed by atoms with Gasteiger partial charge in [-0.05, 0) is 60.0 Å². The van der Waals surface area contributed by atoms with E-state index in [0.717, 1.165) is 21.9 Å². The maximum Gasteiger partial charge on any atom is 0.404 e. The third-order valence-electron chi connectivity index (χ3n) is 9.53. The SMILES string of the molecule is CC(C)[C@H](NC(=O)[C@@H](CSC(C)(C)C)Cc1cccc2ccccc12)C(=O)N[C@@H](Cc1ccccc1)[C@@H](O)C(O)CN1CCCC[C@H]1C(F)(F)F. The summed E-state index contributed by atoms with van der Waals surface area (Å²) >= 11 is 1.68. The summed E-state index contributed by atoms with van der Waals surface area (Å²) in [6, 6.07) is 19.4. The van der Waals surface area contributed by atoms with E-state index in [9.17, 15) is 33.0 Å². The first-order chi connectivity index (χ1) is 24.0. The zero-order valence-corrected chi connectivity index (χ0v) is 31.1. The number of alkyl halides is 3. The van der Waals surface area contributed by atoms with Crippen LogP contribution in [-0.2, 0) is 22.4 Å². The second-order valence-corrected chi connectivity index (χ2v) is 17.0. The Morgan fingerprint density at radius 2 is 1.55 bits per heavy atom. The number of β-amino-alcohol motifs (C(OH)–C–C–N with tert-alkyl or cyclic N) is 1. The van der Waals surface area contributed by atoms with Crippen LogP contribution in [0.1, 0.15) is 65.0 Å². The Bertz CT molecular complexity index is 1560. The van der Waals surface area contributed by atoms with Crippen molar-refractivity contribution in [2.75, 3.05) is 18.8 Å². The van der Waals surface area contributed by atoms with Crippen molar-refractivity contribution in [3.8, 4) is 0 Å². The molecule has 0 aliphatic carbocycles. The summed E-state index contributed by atoms with van der Waals surface area (Å²) in [4.78, 5) is 29.3. The van der Waals surface area contributed by atoms with Gasteiger partial charge < -0.3 is 20.8 Å². The van der Waals surface area contributed by atoms with Crippen LogP contribution in [0.4, 0.5) is 13.2 Å². The van der Waals surface area contributed by atoms with Crippen molar-refractivity contribution in [2.45, 2.75) is 108 Å². The van der Waals surface area contributed by atoms with Crippen molar-refractivity contribution >= 4 is 34.3 Å². The van der Waals surface area contributed by atoms with Gasteiger partial charge in [0.15, 0.2) is 0 Å². The molecule has 1 aliphatic rings. The normalized spacial score (nSPS) is 18.9. The summed E-state index contributed by atoms with van der Waals surface area (Å²) in [5, 5.41) is 30.6. The van der Waals surface area contributed by atoms with Crippen molar-refractivity contribution in [2.24, 2.45) is 11.8 Å². The highest BCUT2D eigenvalue weighted by atomic mass is 32.2. The number of piperidine rings is 1. The molecule has 1 unspecified atom stereocenters. The molecule has 6 atom stereocenters. The number of hydrogen-bond donors (Lipinski definition) is 4. The van der Waals surface area contributed by atoms with E-state index in [-0.39, 0.29) is 36.0 Å². The van der Waals surface area contributed by atoms with E-state index >= 15 is 0 Å². The molecule has 2 amide bonds. The quantitative estimate of drug-likeness (QED) is 0.142. The number of thioether (sulfide) groups is 1. The molecule has 1 aliphatic heterocycles. The molecular formula is C40H54F3N3O4S. The van der Waals surface area contributed by atoms with E-state index in [1.54, 1.807) is 11.8 Å². The number of aliphatic hydroxyl groups excluding tert-OH is 2. The summed E-state index contributed by atoms with van der Waals surface area (Å²) in [6.45, 7) is 9.68. The van der Waals surface area contributed by atoms with E-state index in [2.05, 4.69) is 31.4 Å². The maximum absolute atomic E-state index is 14.1. The van der Waals surface area contributed by atoms with Gasteiger partial charge in [0, 0.05) is 17.0 Å². The van der Waals surface area contributed by atoms with Crippen LogP contribution < -0.4 is 10.6 Å². The number of carbonyl (C=O) groups is 2. The standard InChI is InChI=1S/C40H54F3N3O4S/c1-26(2)35(45-37(49)30(25-51-39(3,4)5)23-29-18-13-17-28-16-9-10-19-31(28)29)38(50)44-32(22-27-14-7-6-8-15-27)36(48)33(47)24-46-21-12-11-20-34(46)40(41,42)43/h6-10,13-19,26,30,32-36,47-48H,11-12,20-25H2,1-5H3,(H,44,50)(H,45,49)/t30-,32+,33?,34+,35+,36-/m1/s1. The molecule has 0 bridgehead atoms. The predicted molar refractivity (Wildman–Crippen MR) is 199 cm³/mol. The molecule has 1 fully saturated rings. The topological polar surface area (TPSA) is 102 Å². The molecule has 0 radical (unpaired) electrons. The Morgan fingerprint density at radius 3 is 2.22 bits per heavy atom. The number of aliphatic hydroxyl groups is 2. The van der Waals surface area contributed by atoms with Crippen LogP contribution in [0.25, 0.3) is 10.8 Å². The van der Waals surface area contributed by atoms with Crippen molar-refractivity contribution in [1.29, 1.82) is 0 Å². The van der Waals surface area contributed by atoms with Crippen LogP contribution in [0.5, 0.6) is 0 Å². The molecule has 4 N–H and O–H groups in total. The van der Waals surface area contributed by atoms with Gasteiger partial charge in [0.2, 0.25) is 11.8 Å². The van der Waals surface area contributed by atoms with Gasteiger partial charge in [0.1, 0.15) is 18.2 Å². The van der Waals surface area contributed by atoms with E-state index < -0.39 is 54.9 Å². The molecule has 4 rings (SSSR count). The fourth-order valence-corrected chi connectivity index (χ4v) is 7.68. The second-order valence-electron chi connectivity index (χ2n) is 15.1. The zero-order chi connectivity index (χ0) is 37.3. The van der Waals surface area contributed by atoms with E-state index in [1.807, 2.05) is 86.6 Å². The minimum Gasteiger partial charge on any atom is -0.389 e. The van der Waals surface area contributed by atoms with Crippen molar-refractivity contribution in [1.82, 2.24) is 15.5 Å². The first-order valence-corrected chi connectivity index (χ1v) is 18.9. The number of nitrogens with one attached hydrogen (secondary N) is 2. The van der Waals surface area contributed by atoms with Crippen LogP contribution >= 0.6 is 11.8 Å². The van der Waals surface area contributed by atoms with Crippen LogP contribution in [0.3, 0.4) is 0 Å². The van der Waals surface area contributed by atoms with Crippen LogP contribution in [0, 0.1) is 11.8 Å². The van der Waals surface area contributed by atoms with E-state index in [0.29, 0.717) is 25.0 Å². The summed E-state index contributed by atoms with van der Waals surface area (Å²) < 4.78 is 41.3. The summed E-state index contributed by atoms with van der Waals surface area (Å²) in [6.07, 6.45) is -6.07. The lowest BCUT2D eigenvalue weighted by Gasteiger charge is -2.39. The first-order valence-electron chi connectivity index (χ1n) is 18.0. The highest BCUT2D eigenvalue weighted by Crippen LogP contribution is 2.32. The smallest absolute Gasteiger partial charge is 0.389 e. The molecule has 280 valence electrons. The van der Waals surface area contributed by atoms with Gasteiger partial charge in [0.25, 0.3) is 0 Å². The van der Waals surface area contributed by atoms with E-state index in [1.165, 1.54) is 4.90 Å². The highest BCUT2D eigenvalue weighted by Gasteiger charge is 2.45. The van der Waals surface area contributed by atoms with Gasteiger partial charge in [-0.3, -0.25) is 14.5 Å². The minimum atomic E-state index is -4.46. The number of fused-ring (bicyclic) bond motifs is 1. The van der Waals surface area contributed by atoms with Crippen LogP contribution in [0.2, 0.25) is 0 Å². The number of likely N-dealkylation sites (tertiary alicyclic amines) is 1. The summed E-state index contributed by atoms with van der Waals surface area (Å²) in [5.41, 5.74) is 1.80. The molecule has 1 heterocycles. The largest absolute Gasteiger partial charge is 0.404 e. The predicted octanol–water partition coefficient (Wildman–Crippen LogP) is 6.54. The molecular weight excluding hydrogens is 676 g/mol. The van der Waals surface area contributed by atoms with Crippen LogP contribution in [-0.4, -0.2) is 87.0 Å². The average Bonchev–Trinajstić information content (AvgIpc) is 3.08. The van der Waals surface area contributed by atoms with Gasteiger partial charge in [-0.2, -0.15) is 24.9 Å². The minimum absolute atomic E-state index is 0.0674. The third kappa shape index (κ3) is 12.0. The Balaban J connectivity index is 1.54. The molecule has 51 heavy (non-hydrogen) atoms. The highest BCUT2D eigenvalue weighted by molar-refractivity contribution is 8.00. The maximum atomic E-state index is 14.1. The molecule has 0 aromatic heterocycles. The van der Waals surface area contributed by atoms with Gasteiger partial charge >= 0.3 is 6.18 Å². The third-order valence-corrected chi connectivity index (χ3v) is 11.0. The summed E-state index contributed by atoms with van der Waals surface area (Å²) in [7, 11) is 0. The van der Waals surface area contributed by atoms with E-state index in [4.69, 9.17) is 0 Å². The number of amides is 2. The zero-order valence-electron chi connectivity index (χ0n) is 30.3. The average molecular weight is 730 g/mol. The lowest BCUT2D eigenvalue weighted by molar-refractivity contribution is -0.196. The van der Waals surface area contributed by atoms with Crippen LogP contribution in [0.15, 0.2) is 72.8 Å². The Morgan fingerprint density at radius 1 is 0.882 bits per heavy atom. The number of hydrogen-bond acceptors (Lipinski definition) is 6. The van der Waals surface area contributed by atoms with Gasteiger partial charge in [-0.15, -0.1) is 0 Å². The number of nitrogens with zero attached hydrogens (tertiary/aromatic N) is 1. The Labute approximate surface area is 304 Å². The van der Waals surface area contributed by atoms with Crippen molar-refractivity contribution in [3.05, 3.63) is 83.9 Å². The lowest BCUT2D eigenvalue weighted by atomic mass is 9.93. The second kappa shape index (κ2) is 18.1. The van der Waals surface area contributed by atoms with Crippen molar-refractivity contribution < 1.29 is 33.0 Å². The Hall–Kier alpha value is -3.12. The molecule has 0 saturated carbocycles. The molecule has 0 spiro atoms. The van der Waals surface area contributed by atoms with Gasteiger partial charge in [-0.1, -0.05) is 114 Å². The molecule has 11 heteroatoms. The molecule has 3 aromatic carbocycles. The number of halogens is 3. The first kappa shape index (κ1) is 40.6.